The first-order valence-electron chi connectivity index (χ1n) is 10.9. The van der Waals surface area contributed by atoms with Gasteiger partial charge in [-0.2, -0.15) is 0 Å². The van der Waals surface area contributed by atoms with Gasteiger partial charge in [0.15, 0.2) is 11.2 Å². The van der Waals surface area contributed by atoms with Gasteiger partial charge in [0.1, 0.15) is 11.3 Å². The highest BCUT2D eigenvalue weighted by Crippen LogP contribution is 2.41. The number of ether oxygens (including phenoxy) is 1. The van der Waals surface area contributed by atoms with Crippen molar-refractivity contribution in [2.45, 2.75) is 13.0 Å². The van der Waals surface area contributed by atoms with E-state index in [4.69, 9.17) is 13.7 Å². The molecule has 0 bridgehead atoms. The van der Waals surface area contributed by atoms with Gasteiger partial charge in [-0.25, -0.2) is 4.79 Å². The number of hydrogen-bond acceptors (Lipinski definition) is 7. The number of anilines is 1. The maximum Gasteiger partial charge on any atom is 0.337 e. The van der Waals surface area contributed by atoms with Crippen LogP contribution in [0.5, 0.6) is 0 Å². The Morgan fingerprint density at radius 1 is 1.03 bits per heavy atom. The topological polar surface area (TPSA) is 103 Å². The fourth-order valence-corrected chi connectivity index (χ4v) is 4.67. The normalized spacial score (nSPS) is 15.1. The van der Waals surface area contributed by atoms with Gasteiger partial charge in [-0.05, 0) is 41.5 Å². The first kappa shape index (κ1) is 20.9. The highest BCUT2D eigenvalue weighted by molar-refractivity contribution is 6.12. The molecule has 0 saturated heterocycles. The lowest BCUT2D eigenvalue weighted by Crippen LogP contribution is -2.29. The monoisotopic (exact) mass is 466 g/mol. The second-order valence-electron chi connectivity index (χ2n) is 8.32. The van der Waals surface area contributed by atoms with Crippen LogP contribution < -0.4 is 10.3 Å². The van der Waals surface area contributed by atoms with Gasteiger partial charge < -0.3 is 13.7 Å². The lowest BCUT2D eigenvalue weighted by atomic mass is 9.96. The van der Waals surface area contributed by atoms with Crippen molar-refractivity contribution in [1.29, 1.82) is 0 Å². The van der Waals surface area contributed by atoms with Gasteiger partial charge in [0.2, 0.25) is 5.76 Å². The molecular weight excluding hydrogens is 448 g/mol. The zero-order valence-electron chi connectivity index (χ0n) is 18.8. The quantitative estimate of drug-likeness (QED) is 0.278. The van der Waals surface area contributed by atoms with Crippen molar-refractivity contribution in [3.05, 3.63) is 105 Å². The van der Waals surface area contributed by atoms with Gasteiger partial charge >= 0.3 is 5.97 Å². The van der Waals surface area contributed by atoms with Crippen molar-refractivity contribution < 1.29 is 23.3 Å². The molecule has 1 aliphatic heterocycles. The largest absolute Gasteiger partial charge is 0.465 e. The van der Waals surface area contributed by atoms with Gasteiger partial charge in [0, 0.05) is 6.07 Å². The summed E-state index contributed by atoms with van der Waals surface area (Å²) in [5.41, 5.74) is 1.21. The number of nitrogens with zero attached hydrogens (tertiary/aromatic N) is 2. The van der Waals surface area contributed by atoms with Crippen LogP contribution in [0.25, 0.3) is 21.7 Å². The molecule has 6 rings (SSSR count). The summed E-state index contributed by atoms with van der Waals surface area (Å²) in [6, 6.07) is 18.4. The minimum atomic E-state index is -0.826. The van der Waals surface area contributed by atoms with E-state index in [-0.39, 0.29) is 22.6 Å². The molecule has 0 saturated carbocycles. The fraction of sp³-hybridized carbons (Fsp3) is 0.111. The van der Waals surface area contributed by atoms with Crippen molar-refractivity contribution in [1.82, 2.24) is 5.16 Å². The first-order valence-corrected chi connectivity index (χ1v) is 10.9. The van der Waals surface area contributed by atoms with Crippen LogP contribution in [0, 0.1) is 6.92 Å². The van der Waals surface area contributed by atoms with E-state index in [1.165, 1.54) is 12.0 Å². The number of carbonyl (C=O) groups excluding carboxylic acids is 2. The van der Waals surface area contributed by atoms with Crippen molar-refractivity contribution in [2.24, 2.45) is 0 Å². The molecule has 172 valence electrons. The van der Waals surface area contributed by atoms with E-state index in [1.54, 1.807) is 43.3 Å². The minimum Gasteiger partial charge on any atom is -0.465 e. The van der Waals surface area contributed by atoms with Crippen LogP contribution in [-0.2, 0) is 4.74 Å². The third-order valence-electron chi connectivity index (χ3n) is 6.27. The number of aryl methyl sites for hydroxylation is 1. The number of aromatic nitrogens is 1. The van der Waals surface area contributed by atoms with Gasteiger partial charge in [0.05, 0.1) is 29.7 Å². The van der Waals surface area contributed by atoms with E-state index < -0.39 is 17.9 Å². The molecule has 0 fully saturated rings. The summed E-state index contributed by atoms with van der Waals surface area (Å²) < 4.78 is 16.1. The molecule has 5 aromatic rings. The molecule has 1 atom stereocenters. The molecule has 1 aliphatic rings. The number of rotatable bonds is 3. The molecule has 8 heteroatoms. The van der Waals surface area contributed by atoms with E-state index >= 15 is 0 Å². The Labute approximate surface area is 198 Å². The summed E-state index contributed by atoms with van der Waals surface area (Å²) in [4.78, 5) is 40.9. The predicted octanol–water partition coefficient (Wildman–Crippen LogP) is 4.78. The number of benzene rings is 3. The number of esters is 1. The van der Waals surface area contributed by atoms with Gasteiger partial charge in [0.25, 0.3) is 5.91 Å². The highest BCUT2D eigenvalue weighted by atomic mass is 16.5. The average molecular weight is 466 g/mol. The summed E-state index contributed by atoms with van der Waals surface area (Å²) in [5.74, 6) is -0.253. The number of hydrogen-bond donors (Lipinski definition) is 0. The number of amides is 1. The molecular formula is C27H18N2O6. The maximum atomic E-state index is 14.0. The SMILES string of the molecule is COC(=O)c1ccc([C@@H]2c3c(oc4ccc5ccccc5c4c3=O)C(=O)N2c2cc(C)on2)cc1. The summed E-state index contributed by atoms with van der Waals surface area (Å²) in [6.07, 6.45) is 0. The van der Waals surface area contributed by atoms with Crippen LogP contribution >= 0.6 is 0 Å². The van der Waals surface area contributed by atoms with Gasteiger partial charge in [-0.3, -0.25) is 14.5 Å². The zero-order chi connectivity index (χ0) is 24.3. The molecule has 8 nitrogen and oxygen atoms in total. The molecule has 35 heavy (non-hydrogen) atoms. The second-order valence-corrected chi connectivity index (χ2v) is 8.32. The number of carbonyl (C=O) groups is 2. The number of methoxy groups -OCH3 is 1. The summed E-state index contributed by atoms with van der Waals surface area (Å²) in [7, 11) is 1.30. The smallest absolute Gasteiger partial charge is 0.337 e. The molecule has 0 radical (unpaired) electrons. The van der Waals surface area contributed by atoms with Crippen LogP contribution in [0.1, 0.15) is 43.8 Å². The van der Waals surface area contributed by atoms with Gasteiger partial charge in [-0.1, -0.05) is 47.6 Å². The Morgan fingerprint density at radius 2 is 1.80 bits per heavy atom. The van der Waals surface area contributed by atoms with Crippen LogP contribution in [0.4, 0.5) is 5.82 Å². The molecule has 3 aromatic carbocycles. The Kier molecular flexibility index (Phi) is 4.57. The summed E-state index contributed by atoms with van der Waals surface area (Å²) in [5, 5.41) is 6.06. The van der Waals surface area contributed by atoms with Crippen LogP contribution in [-0.4, -0.2) is 24.1 Å². The Hall–Kier alpha value is -4.72. The standard InChI is InChI=1S/C27H18N2O6/c1-14-13-20(28-35-14)29-23(16-7-9-17(10-8-16)27(32)33-2)22-24(30)21-18-6-4-3-5-15(18)11-12-19(21)34-25(22)26(29)31/h3-13,23H,1-2H3/t23-/m1/s1. The Balaban J connectivity index is 1.64. The minimum absolute atomic E-state index is 0.0412. The van der Waals surface area contributed by atoms with Crippen molar-refractivity contribution in [2.75, 3.05) is 12.0 Å². The van der Waals surface area contributed by atoms with Crippen LogP contribution in [0.2, 0.25) is 0 Å². The maximum absolute atomic E-state index is 14.0. The molecule has 0 aliphatic carbocycles. The van der Waals surface area contributed by atoms with E-state index in [0.717, 1.165) is 10.8 Å². The van der Waals surface area contributed by atoms with Crippen molar-refractivity contribution in [3.8, 4) is 0 Å². The predicted molar refractivity (Wildman–Crippen MR) is 128 cm³/mol. The lowest BCUT2D eigenvalue weighted by molar-refractivity contribution is 0.0600. The fourth-order valence-electron chi connectivity index (χ4n) is 4.67. The molecule has 1 amide bonds. The zero-order valence-corrected chi connectivity index (χ0v) is 18.8. The molecule has 0 spiro atoms. The van der Waals surface area contributed by atoms with Crippen LogP contribution in [0.15, 0.2) is 80.5 Å². The number of fused-ring (bicyclic) bond motifs is 4. The molecule has 3 heterocycles. The van der Waals surface area contributed by atoms with Crippen LogP contribution in [0.3, 0.4) is 0 Å². The second kappa shape index (κ2) is 7.66. The lowest BCUT2D eigenvalue weighted by Gasteiger charge is -2.22. The summed E-state index contributed by atoms with van der Waals surface area (Å²) in [6.45, 7) is 1.72. The van der Waals surface area contributed by atoms with E-state index in [9.17, 15) is 14.4 Å². The molecule has 0 unspecified atom stereocenters. The Morgan fingerprint density at radius 3 is 2.51 bits per heavy atom. The van der Waals surface area contributed by atoms with Gasteiger partial charge in [-0.15, -0.1) is 0 Å². The molecule has 2 aromatic heterocycles. The van der Waals surface area contributed by atoms with E-state index in [2.05, 4.69) is 5.16 Å². The highest BCUT2D eigenvalue weighted by Gasteiger charge is 2.45. The van der Waals surface area contributed by atoms with Crippen molar-refractivity contribution >= 4 is 39.4 Å². The van der Waals surface area contributed by atoms with Crippen molar-refractivity contribution in [3.63, 3.8) is 0 Å². The molecule has 0 N–H and O–H groups in total. The third kappa shape index (κ3) is 3.07. The first-order chi connectivity index (χ1) is 17.0. The Bertz CT molecular complexity index is 1710. The average Bonchev–Trinajstić information content (AvgIpc) is 3.44. The third-order valence-corrected chi connectivity index (χ3v) is 6.27. The van der Waals surface area contributed by atoms with E-state index in [0.29, 0.717) is 27.9 Å². The van der Waals surface area contributed by atoms with E-state index in [1.807, 2.05) is 30.3 Å². The summed E-state index contributed by atoms with van der Waals surface area (Å²) >= 11 is 0.